The summed E-state index contributed by atoms with van der Waals surface area (Å²) < 4.78 is 51.3. The van der Waals surface area contributed by atoms with Gasteiger partial charge in [0.1, 0.15) is 22.8 Å². The number of aromatic nitrogens is 1. The van der Waals surface area contributed by atoms with Crippen LogP contribution in [0, 0.1) is 11.6 Å². The van der Waals surface area contributed by atoms with Crippen molar-refractivity contribution < 1.29 is 17.6 Å². The summed E-state index contributed by atoms with van der Waals surface area (Å²) in [6.45, 7) is 0. The molecular formula is C10H4ClF4N. The summed E-state index contributed by atoms with van der Waals surface area (Å²) in [5.74, 6) is -1.68. The Bertz CT molecular complexity index is 556. The molecule has 0 bridgehead atoms. The standard InChI is InChI=1S/C10H4ClF4N/c11-4-3-7(10(14)15)16-9-6(13)2-1-5(12)8(4)9/h1-3,10H. The van der Waals surface area contributed by atoms with Crippen molar-refractivity contribution in [1.82, 2.24) is 4.98 Å². The van der Waals surface area contributed by atoms with Crippen molar-refractivity contribution in [2.45, 2.75) is 6.43 Å². The Morgan fingerprint density at radius 3 is 2.38 bits per heavy atom. The number of hydrogen-bond acceptors (Lipinski definition) is 1. The van der Waals surface area contributed by atoms with Crippen molar-refractivity contribution in [2.75, 3.05) is 0 Å². The molecule has 2 rings (SSSR count). The molecule has 0 amide bonds. The SMILES string of the molecule is Fc1ccc(F)c2c(Cl)cc(C(F)F)nc12. The van der Waals surface area contributed by atoms with Gasteiger partial charge in [0, 0.05) is 0 Å². The number of halogens is 5. The second kappa shape index (κ2) is 3.90. The minimum atomic E-state index is -2.88. The van der Waals surface area contributed by atoms with Crippen molar-refractivity contribution in [3.05, 3.63) is 40.6 Å². The molecular weight excluding hydrogens is 246 g/mol. The number of alkyl halides is 2. The Hall–Kier alpha value is -1.36. The van der Waals surface area contributed by atoms with Crippen LogP contribution in [0.5, 0.6) is 0 Å². The van der Waals surface area contributed by atoms with Crippen molar-refractivity contribution >= 4 is 22.5 Å². The van der Waals surface area contributed by atoms with E-state index in [4.69, 9.17) is 11.6 Å². The van der Waals surface area contributed by atoms with Crippen LogP contribution in [0.4, 0.5) is 17.6 Å². The van der Waals surface area contributed by atoms with Gasteiger partial charge in [-0.05, 0) is 18.2 Å². The van der Waals surface area contributed by atoms with Crippen LogP contribution in [0.25, 0.3) is 10.9 Å². The third-order valence-electron chi connectivity index (χ3n) is 2.06. The maximum absolute atomic E-state index is 13.3. The van der Waals surface area contributed by atoms with Gasteiger partial charge in [-0.3, -0.25) is 0 Å². The number of rotatable bonds is 1. The molecule has 0 atom stereocenters. The molecule has 1 aromatic carbocycles. The molecule has 0 aliphatic heterocycles. The van der Waals surface area contributed by atoms with E-state index in [1.165, 1.54) is 0 Å². The van der Waals surface area contributed by atoms with Crippen LogP contribution >= 0.6 is 11.6 Å². The van der Waals surface area contributed by atoms with Gasteiger partial charge in [-0.25, -0.2) is 22.5 Å². The van der Waals surface area contributed by atoms with Crippen LogP contribution in [0.2, 0.25) is 5.02 Å². The summed E-state index contributed by atoms with van der Waals surface area (Å²) in [5, 5.41) is -0.566. The second-order valence-corrected chi connectivity index (χ2v) is 3.49. The van der Waals surface area contributed by atoms with Gasteiger partial charge in [-0.15, -0.1) is 0 Å². The quantitative estimate of drug-likeness (QED) is 0.693. The molecule has 1 heterocycles. The van der Waals surface area contributed by atoms with Crippen LogP contribution < -0.4 is 0 Å². The lowest BCUT2D eigenvalue weighted by Gasteiger charge is -2.06. The zero-order valence-electron chi connectivity index (χ0n) is 7.65. The smallest absolute Gasteiger partial charge is 0.244 e. The third-order valence-corrected chi connectivity index (χ3v) is 2.35. The highest BCUT2D eigenvalue weighted by molar-refractivity contribution is 6.35. The number of pyridine rings is 1. The first-order valence-electron chi connectivity index (χ1n) is 4.23. The summed E-state index contributed by atoms with van der Waals surface area (Å²) in [5.41, 5.74) is -1.16. The van der Waals surface area contributed by atoms with Crippen LogP contribution in [-0.4, -0.2) is 4.98 Å². The molecule has 0 aliphatic rings. The maximum atomic E-state index is 13.3. The third kappa shape index (κ3) is 1.71. The molecule has 0 fully saturated rings. The van der Waals surface area contributed by atoms with Gasteiger partial charge in [0.2, 0.25) is 0 Å². The molecule has 84 valence electrons. The largest absolute Gasteiger partial charge is 0.280 e. The molecule has 0 saturated carbocycles. The predicted molar refractivity (Wildman–Crippen MR) is 51.6 cm³/mol. The summed E-state index contributed by atoms with van der Waals surface area (Å²) in [6, 6.07) is 2.51. The highest BCUT2D eigenvalue weighted by atomic mass is 35.5. The minimum absolute atomic E-state index is 0.280. The van der Waals surface area contributed by atoms with Gasteiger partial charge in [0.15, 0.2) is 0 Å². The molecule has 1 aromatic heterocycles. The van der Waals surface area contributed by atoms with Crippen molar-refractivity contribution in [1.29, 1.82) is 0 Å². The van der Waals surface area contributed by atoms with Crippen molar-refractivity contribution in [2.24, 2.45) is 0 Å². The summed E-state index contributed by atoms with van der Waals surface area (Å²) >= 11 is 5.60. The van der Waals surface area contributed by atoms with Gasteiger partial charge < -0.3 is 0 Å². The zero-order valence-corrected chi connectivity index (χ0v) is 8.40. The van der Waals surface area contributed by atoms with E-state index in [0.717, 1.165) is 18.2 Å². The fourth-order valence-electron chi connectivity index (χ4n) is 1.35. The molecule has 2 aromatic rings. The Morgan fingerprint density at radius 1 is 1.12 bits per heavy atom. The lowest BCUT2D eigenvalue weighted by atomic mass is 10.2. The second-order valence-electron chi connectivity index (χ2n) is 3.08. The van der Waals surface area contributed by atoms with E-state index >= 15 is 0 Å². The van der Waals surface area contributed by atoms with Crippen LogP contribution in [0.3, 0.4) is 0 Å². The van der Waals surface area contributed by atoms with Crippen LogP contribution in [-0.2, 0) is 0 Å². The topological polar surface area (TPSA) is 12.9 Å². The molecule has 0 radical (unpaired) electrons. The van der Waals surface area contributed by atoms with Gasteiger partial charge in [0.25, 0.3) is 6.43 Å². The summed E-state index contributed by atoms with van der Waals surface area (Å²) in [4.78, 5) is 3.35. The van der Waals surface area contributed by atoms with E-state index in [1.54, 1.807) is 0 Å². The predicted octanol–water partition coefficient (Wildman–Crippen LogP) is 4.10. The van der Waals surface area contributed by atoms with Crippen LogP contribution in [0.1, 0.15) is 12.1 Å². The molecule has 0 N–H and O–H groups in total. The summed E-state index contributed by atoms with van der Waals surface area (Å²) in [6.07, 6.45) is -2.88. The highest BCUT2D eigenvalue weighted by Gasteiger charge is 2.16. The number of benzene rings is 1. The number of nitrogens with zero attached hydrogens (tertiary/aromatic N) is 1. The normalized spacial score (nSPS) is 11.4. The first-order chi connectivity index (χ1) is 7.50. The maximum Gasteiger partial charge on any atom is 0.280 e. The van der Waals surface area contributed by atoms with E-state index in [9.17, 15) is 17.6 Å². The lowest BCUT2D eigenvalue weighted by molar-refractivity contribution is 0.146. The Balaban J connectivity index is 2.86. The first kappa shape index (κ1) is 11.1. The molecule has 0 spiro atoms. The van der Waals surface area contributed by atoms with Crippen LogP contribution in [0.15, 0.2) is 18.2 Å². The molecule has 0 aliphatic carbocycles. The molecule has 0 saturated heterocycles. The average Bonchev–Trinajstić information content (AvgIpc) is 2.22. The van der Waals surface area contributed by atoms with E-state index in [0.29, 0.717) is 0 Å². The van der Waals surface area contributed by atoms with Gasteiger partial charge in [-0.1, -0.05) is 11.6 Å². The first-order valence-corrected chi connectivity index (χ1v) is 4.61. The lowest BCUT2D eigenvalue weighted by Crippen LogP contribution is -1.95. The highest BCUT2D eigenvalue weighted by Crippen LogP contribution is 2.30. The molecule has 1 nitrogen and oxygen atoms in total. The Kier molecular flexibility index (Phi) is 2.71. The number of fused-ring (bicyclic) bond motifs is 1. The van der Waals surface area contributed by atoms with E-state index in [2.05, 4.69) is 4.98 Å². The zero-order chi connectivity index (χ0) is 11.9. The average molecular weight is 250 g/mol. The molecule has 16 heavy (non-hydrogen) atoms. The van der Waals surface area contributed by atoms with E-state index in [1.807, 2.05) is 0 Å². The minimum Gasteiger partial charge on any atom is -0.244 e. The Morgan fingerprint density at radius 2 is 1.75 bits per heavy atom. The monoisotopic (exact) mass is 249 g/mol. The fourth-order valence-corrected chi connectivity index (χ4v) is 1.64. The number of hydrogen-bond donors (Lipinski definition) is 0. The molecule has 6 heteroatoms. The molecule has 0 unspecified atom stereocenters. The van der Waals surface area contributed by atoms with Crippen molar-refractivity contribution in [3.63, 3.8) is 0 Å². The van der Waals surface area contributed by atoms with Crippen molar-refractivity contribution in [3.8, 4) is 0 Å². The van der Waals surface area contributed by atoms with E-state index < -0.39 is 29.3 Å². The van der Waals surface area contributed by atoms with Gasteiger partial charge in [-0.2, -0.15) is 0 Å². The fraction of sp³-hybridized carbons (Fsp3) is 0.100. The van der Waals surface area contributed by atoms with E-state index in [-0.39, 0.29) is 10.4 Å². The Labute approximate surface area is 92.7 Å². The van der Waals surface area contributed by atoms with Gasteiger partial charge >= 0.3 is 0 Å². The summed E-state index contributed by atoms with van der Waals surface area (Å²) in [7, 11) is 0. The van der Waals surface area contributed by atoms with Gasteiger partial charge in [0.05, 0.1) is 10.4 Å².